The minimum absolute atomic E-state index is 0.0926. The van der Waals surface area contributed by atoms with Crippen LogP contribution in [0.2, 0.25) is 0 Å². The second-order valence-electron chi connectivity index (χ2n) is 4.36. The van der Waals surface area contributed by atoms with Gasteiger partial charge in [-0.25, -0.2) is 4.79 Å². The van der Waals surface area contributed by atoms with Gasteiger partial charge in [0.05, 0.1) is 6.61 Å². The van der Waals surface area contributed by atoms with Crippen molar-refractivity contribution in [2.45, 2.75) is 33.7 Å². The molecule has 1 heterocycles. The molecule has 0 saturated heterocycles. The summed E-state index contributed by atoms with van der Waals surface area (Å²) in [6, 6.07) is -0.797. The largest absolute Gasteiger partial charge is 0.509 e. The zero-order valence-corrected chi connectivity index (χ0v) is 10.9. The maximum atomic E-state index is 12.0. The molecule has 18 heavy (non-hydrogen) atoms. The number of imide groups is 1. The van der Waals surface area contributed by atoms with Crippen molar-refractivity contribution in [2.75, 3.05) is 6.61 Å². The molecule has 0 spiro atoms. The van der Waals surface area contributed by atoms with Crippen LogP contribution >= 0.6 is 0 Å². The topological polar surface area (TPSA) is 83.9 Å². The number of aliphatic hydroxyl groups is 1. The van der Waals surface area contributed by atoms with E-state index in [2.05, 4.69) is 0 Å². The molecule has 1 aliphatic rings. The number of hydrogen-bond donors (Lipinski definition) is 1. The van der Waals surface area contributed by atoms with Crippen LogP contribution in [0.4, 0.5) is 0 Å². The third-order valence-corrected chi connectivity index (χ3v) is 2.70. The van der Waals surface area contributed by atoms with Crippen molar-refractivity contribution in [1.29, 1.82) is 0 Å². The second kappa shape index (κ2) is 5.20. The number of esters is 1. The molecule has 1 N–H and O–H groups in total. The molecule has 1 aliphatic heterocycles. The predicted octanol–water partition coefficient (Wildman–Crippen LogP) is 0.775. The first-order chi connectivity index (χ1) is 8.32. The molecule has 1 atom stereocenters. The van der Waals surface area contributed by atoms with Crippen LogP contribution in [-0.4, -0.2) is 40.4 Å². The third kappa shape index (κ3) is 2.23. The molecule has 0 aromatic rings. The normalized spacial score (nSPS) is 19.7. The summed E-state index contributed by atoms with van der Waals surface area (Å²) in [4.78, 5) is 35.9. The predicted molar refractivity (Wildman–Crippen MR) is 62.4 cm³/mol. The van der Waals surface area contributed by atoms with Crippen molar-refractivity contribution in [2.24, 2.45) is 5.92 Å². The van der Waals surface area contributed by atoms with E-state index >= 15 is 0 Å². The smallest absolute Gasteiger partial charge is 0.347 e. The molecular weight excluding hydrogens is 238 g/mol. The van der Waals surface area contributed by atoms with Gasteiger partial charge >= 0.3 is 5.97 Å². The molecular formula is C12H17NO5. The van der Waals surface area contributed by atoms with Crippen molar-refractivity contribution < 1.29 is 24.2 Å². The molecule has 0 unspecified atom stereocenters. The molecule has 0 aromatic heterocycles. The average molecular weight is 255 g/mol. The van der Waals surface area contributed by atoms with E-state index < -0.39 is 29.4 Å². The lowest BCUT2D eigenvalue weighted by molar-refractivity contribution is -0.145. The van der Waals surface area contributed by atoms with E-state index in [1.165, 1.54) is 6.92 Å². The minimum atomic E-state index is -0.894. The third-order valence-electron chi connectivity index (χ3n) is 2.70. The van der Waals surface area contributed by atoms with Gasteiger partial charge in [0.2, 0.25) is 5.91 Å². The quantitative estimate of drug-likeness (QED) is 0.595. The molecule has 1 rings (SSSR count). The first-order valence-electron chi connectivity index (χ1n) is 5.77. The number of carbonyl (C=O) groups excluding carboxylic acids is 3. The Labute approximate surface area is 105 Å². The lowest BCUT2D eigenvalue weighted by atomic mass is 10.0. The summed E-state index contributed by atoms with van der Waals surface area (Å²) < 4.78 is 4.71. The first kappa shape index (κ1) is 14.2. The summed E-state index contributed by atoms with van der Waals surface area (Å²) in [6.45, 7) is 6.40. The monoisotopic (exact) mass is 255 g/mol. The Bertz CT molecular complexity index is 424. The van der Waals surface area contributed by atoms with Gasteiger partial charge in [0.25, 0.3) is 5.91 Å². The van der Waals surface area contributed by atoms with E-state index in [0.717, 1.165) is 4.90 Å². The molecule has 100 valence electrons. The molecule has 0 radical (unpaired) electrons. The highest BCUT2D eigenvalue weighted by atomic mass is 16.5. The highest BCUT2D eigenvalue weighted by molar-refractivity contribution is 6.22. The van der Waals surface area contributed by atoms with Crippen molar-refractivity contribution in [3.05, 3.63) is 11.3 Å². The Balaban J connectivity index is 3.21. The molecule has 0 saturated carbocycles. The van der Waals surface area contributed by atoms with Crippen molar-refractivity contribution >= 4 is 17.8 Å². The van der Waals surface area contributed by atoms with E-state index in [1.807, 2.05) is 0 Å². The molecule has 2 amide bonds. The van der Waals surface area contributed by atoms with Crippen LogP contribution in [0.15, 0.2) is 11.3 Å². The Hall–Kier alpha value is -1.85. The van der Waals surface area contributed by atoms with E-state index in [1.54, 1.807) is 20.8 Å². The summed E-state index contributed by atoms with van der Waals surface area (Å²) in [6.07, 6.45) is 0. The van der Waals surface area contributed by atoms with Crippen LogP contribution in [-0.2, 0) is 19.1 Å². The molecule has 0 aromatic carbocycles. The van der Waals surface area contributed by atoms with Gasteiger partial charge in [-0.3, -0.25) is 14.5 Å². The minimum Gasteiger partial charge on any atom is -0.509 e. The highest BCUT2D eigenvalue weighted by Crippen LogP contribution is 2.30. The van der Waals surface area contributed by atoms with Gasteiger partial charge in [-0.1, -0.05) is 13.8 Å². The molecule has 6 nitrogen and oxygen atoms in total. The Morgan fingerprint density at radius 1 is 1.44 bits per heavy atom. The van der Waals surface area contributed by atoms with Crippen molar-refractivity contribution in [3.8, 4) is 0 Å². The van der Waals surface area contributed by atoms with Gasteiger partial charge in [0, 0.05) is 6.92 Å². The molecule has 0 bridgehead atoms. The van der Waals surface area contributed by atoms with Crippen molar-refractivity contribution in [3.63, 3.8) is 0 Å². The fourth-order valence-corrected chi connectivity index (χ4v) is 1.97. The maximum absolute atomic E-state index is 12.0. The standard InChI is InChI=1S/C12H17NO5/c1-5-18-12(17)8-10(15)9(6(2)3)13(7(4)14)11(8)16/h6,9,15H,5H2,1-4H3/t9-/m0/s1. The SMILES string of the molecule is CCOC(=O)C1=C(O)[C@H](C(C)C)N(C(C)=O)C1=O. The zero-order valence-electron chi connectivity index (χ0n) is 10.9. The van der Waals surface area contributed by atoms with Gasteiger partial charge in [-0.2, -0.15) is 0 Å². The van der Waals surface area contributed by atoms with Crippen molar-refractivity contribution in [1.82, 2.24) is 4.90 Å². The van der Waals surface area contributed by atoms with Gasteiger partial charge < -0.3 is 9.84 Å². The van der Waals surface area contributed by atoms with E-state index in [4.69, 9.17) is 4.74 Å². The first-order valence-corrected chi connectivity index (χ1v) is 5.77. The van der Waals surface area contributed by atoms with E-state index in [9.17, 15) is 19.5 Å². The summed E-state index contributed by atoms with van der Waals surface area (Å²) in [5.74, 6) is -2.77. The zero-order chi connectivity index (χ0) is 14.0. The highest BCUT2D eigenvalue weighted by Gasteiger charge is 2.46. The summed E-state index contributed by atoms with van der Waals surface area (Å²) in [5, 5.41) is 9.97. The summed E-state index contributed by atoms with van der Waals surface area (Å²) in [5.41, 5.74) is -0.439. The van der Waals surface area contributed by atoms with Crippen LogP contribution in [0.3, 0.4) is 0 Å². The van der Waals surface area contributed by atoms with E-state index in [0.29, 0.717) is 0 Å². The molecule has 0 aliphatic carbocycles. The Morgan fingerprint density at radius 3 is 2.33 bits per heavy atom. The molecule has 0 fully saturated rings. The molecule has 6 heteroatoms. The number of nitrogens with zero attached hydrogens (tertiary/aromatic N) is 1. The number of hydrogen-bond acceptors (Lipinski definition) is 5. The van der Waals surface area contributed by atoms with Crippen LogP contribution in [0.1, 0.15) is 27.7 Å². The van der Waals surface area contributed by atoms with E-state index in [-0.39, 0.29) is 18.3 Å². The average Bonchev–Trinajstić information content (AvgIpc) is 2.50. The summed E-state index contributed by atoms with van der Waals surface area (Å²) >= 11 is 0. The number of amides is 2. The number of aliphatic hydroxyl groups excluding tert-OH is 1. The number of rotatable bonds is 3. The lowest BCUT2D eigenvalue weighted by Gasteiger charge is -2.24. The van der Waals surface area contributed by atoms with Crippen LogP contribution in [0.5, 0.6) is 0 Å². The fraction of sp³-hybridized carbons (Fsp3) is 0.583. The van der Waals surface area contributed by atoms with Gasteiger partial charge in [0.15, 0.2) is 5.57 Å². The van der Waals surface area contributed by atoms with Gasteiger partial charge in [-0.05, 0) is 12.8 Å². The van der Waals surface area contributed by atoms with Gasteiger partial charge in [-0.15, -0.1) is 0 Å². The lowest BCUT2D eigenvalue weighted by Crippen LogP contribution is -2.42. The fourth-order valence-electron chi connectivity index (χ4n) is 1.97. The maximum Gasteiger partial charge on any atom is 0.347 e. The Morgan fingerprint density at radius 2 is 2.00 bits per heavy atom. The van der Waals surface area contributed by atoms with Crippen LogP contribution in [0, 0.1) is 5.92 Å². The number of ether oxygens (including phenoxy) is 1. The summed E-state index contributed by atoms with van der Waals surface area (Å²) in [7, 11) is 0. The van der Waals surface area contributed by atoms with Gasteiger partial charge in [0.1, 0.15) is 11.8 Å². The van der Waals surface area contributed by atoms with Crippen LogP contribution < -0.4 is 0 Å². The second-order valence-corrected chi connectivity index (χ2v) is 4.36. The van der Waals surface area contributed by atoms with Crippen LogP contribution in [0.25, 0.3) is 0 Å². The Kier molecular flexibility index (Phi) is 4.11. The number of carbonyl (C=O) groups is 3.